The summed E-state index contributed by atoms with van der Waals surface area (Å²) >= 11 is 0. The number of nitro groups is 1. The molecule has 22 heavy (non-hydrogen) atoms. The fraction of sp³-hybridized carbons (Fsp3) is 0.467. The maximum absolute atomic E-state index is 12.0. The highest BCUT2D eigenvalue weighted by molar-refractivity contribution is 5.95. The number of nitrogens with one attached hydrogen (secondary N) is 1. The number of nitrogens with zero attached hydrogens (tertiary/aromatic N) is 1. The predicted octanol–water partition coefficient (Wildman–Crippen LogP) is 2.20. The first-order chi connectivity index (χ1) is 10.5. The van der Waals surface area contributed by atoms with Gasteiger partial charge in [0.15, 0.2) is 6.10 Å². The number of amides is 1. The molecule has 1 N–H and O–H groups in total. The number of hydrogen-bond donors (Lipinski definition) is 1. The van der Waals surface area contributed by atoms with Gasteiger partial charge in [-0.15, -0.1) is 0 Å². The third-order valence-electron chi connectivity index (χ3n) is 3.68. The maximum Gasteiger partial charge on any atom is 0.345 e. The number of benzene rings is 1. The number of ether oxygens (including phenoxy) is 1. The number of esters is 1. The molecule has 7 nitrogen and oxygen atoms in total. The van der Waals surface area contributed by atoms with Gasteiger partial charge in [0.2, 0.25) is 0 Å². The van der Waals surface area contributed by atoms with Gasteiger partial charge in [-0.2, -0.15) is 0 Å². The Bertz CT molecular complexity index is 581. The zero-order valence-electron chi connectivity index (χ0n) is 12.3. The quantitative estimate of drug-likeness (QED) is 0.511. The molecule has 0 radical (unpaired) electrons. The van der Waals surface area contributed by atoms with Crippen LogP contribution in [0.25, 0.3) is 0 Å². The molecule has 1 aliphatic rings. The lowest BCUT2D eigenvalue weighted by molar-refractivity contribution is -0.385. The molecule has 2 rings (SSSR count). The molecule has 0 saturated heterocycles. The van der Waals surface area contributed by atoms with Crippen LogP contribution in [0.1, 0.15) is 43.0 Å². The van der Waals surface area contributed by atoms with Gasteiger partial charge in [-0.05, 0) is 25.8 Å². The SMILES string of the molecule is CC(OC(=O)c1ccccc1[N+](=O)[O-])C(=O)NC1CCCC1. The van der Waals surface area contributed by atoms with Crippen LogP contribution in [-0.2, 0) is 9.53 Å². The Kier molecular flexibility index (Phi) is 5.08. The van der Waals surface area contributed by atoms with Crippen LogP contribution in [0.2, 0.25) is 0 Å². The predicted molar refractivity (Wildman–Crippen MR) is 78.4 cm³/mol. The monoisotopic (exact) mass is 306 g/mol. The molecule has 1 aromatic rings. The van der Waals surface area contributed by atoms with Crippen molar-refractivity contribution in [1.82, 2.24) is 5.32 Å². The molecule has 0 spiro atoms. The molecule has 0 bridgehead atoms. The minimum absolute atomic E-state index is 0.125. The van der Waals surface area contributed by atoms with Crippen molar-refractivity contribution in [2.75, 3.05) is 0 Å². The number of carbonyl (C=O) groups is 2. The van der Waals surface area contributed by atoms with Gasteiger partial charge in [-0.1, -0.05) is 25.0 Å². The van der Waals surface area contributed by atoms with Gasteiger partial charge in [0.25, 0.3) is 11.6 Å². The summed E-state index contributed by atoms with van der Waals surface area (Å²) in [6, 6.07) is 5.62. The van der Waals surface area contributed by atoms with Crippen molar-refractivity contribution >= 4 is 17.6 Å². The molecule has 1 fully saturated rings. The van der Waals surface area contributed by atoms with Crippen molar-refractivity contribution in [1.29, 1.82) is 0 Å². The average molecular weight is 306 g/mol. The lowest BCUT2D eigenvalue weighted by Crippen LogP contribution is -2.40. The first-order valence-corrected chi connectivity index (χ1v) is 7.24. The van der Waals surface area contributed by atoms with E-state index in [1.165, 1.54) is 31.2 Å². The van der Waals surface area contributed by atoms with Crippen molar-refractivity contribution in [3.8, 4) is 0 Å². The van der Waals surface area contributed by atoms with Gasteiger partial charge in [-0.25, -0.2) is 4.79 Å². The van der Waals surface area contributed by atoms with Crippen molar-refractivity contribution in [3.05, 3.63) is 39.9 Å². The molecule has 1 atom stereocenters. The van der Waals surface area contributed by atoms with Crippen LogP contribution in [0.3, 0.4) is 0 Å². The van der Waals surface area contributed by atoms with E-state index in [2.05, 4.69) is 5.32 Å². The van der Waals surface area contributed by atoms with Crippen molar-refractivity contribution in [2.45, 2.75) is 44.8 Å². The standard InChI is InChI=1S/C15H18N2O5/c1-10(14(18)16-11-6-2-3-7-11)22-15(19)12-8-4-5-9-13(12)17(20)21/h4-5,8-11H,2-3,6-7H2,1H3,(H,16,18). The zero-order valence-corrected chi connectivity index (χ0v) is 12.3. The first kappa shape index (κ1) is 15.9. The molecule has 118 valence electrons. The fourth-order valence-electron chi connectivity index (χ4n) is 2.47. The summed E-state index contributed by atoms with van der Waals surface area (Å²) in [6.45, 7) is 1.46. The van der Waals surface area contributed by atoms with E-state index in [-0.39, 0.29) is 23.2 Å². The summed E-state index contributed by atoms with van der Waals surface area (Å²) in [6.07, 6.45) is 3.02. The van der Waals surface area contributed by atoms with E-state index in [4.69, 9.17) is 4.74 Å². The number of para-hydroxylation sites is 1. The highest BCUT2D eigenvalue weighted by atomic mass is 16.6. The molecule has 0 heterocycles. The molecule has 0 aliphatic heterocycles. The Balaban J connectivity index is 1.99. The van der Waals surface area contributed by atoms with E-state index < -0.39 is 17.0 Å². The summed E-state index contributed by atoms with van der Waals surface area (Å²) < 4.78 is 5.04. The Morgan fingerprint density at radius 2 is 1.95 bits per heavy atom. The molecule has 1 unspecified atom stereocenters. The number of hydrogen-bond acceptors (Lipinski definition) is 5. The van der Waals surface area contributed by atoms with Gasteiger partial charge in [-0.3, -0.25) is 14.9 Å². The van der Waals surface area contributed by atoms with Gasteiger partial charge in [0.05, 0.1) is 4.92 Å². The summed E-state index contributed by atoms with van der Waals surface area (Å²) in [5, 5.41) is 13.7. The third-order valence-corrected chi connectivity index (χ3v) is 3.68. The van der Waals surface area contributed by atoms with Gasteiger partial charge in [0.1, 0.15) is 5.56 Å². The summed E-state index contributed by atoms with van der Waals surface area (Å²) in [4.78, 5) is 34.2. The van der Waals surface area contributed by atoms with E-state index in [0.717, 1.165) is 25.7 Å². The van der Waals surface area contributed by atoms with Gasteiger partial charge < -0.3 is 10.1 Å². The molecular formula is C15H18N2O5. The Morgan fingerprint density at radius 3 is 2.59 bits per heavy atom. The van der Waals surface area contributed by atoms with E-state index in [1.54, 1.807) is 0 Å². The van der Waals surface area contributed by atoms with Crippen LogP contribution < -0.4 is 5.32 Å². The second-order valence-electron chi connectivity index (χ2n) is 5.31. The van der Waals surface area contributed by atoms with Crippen LogP contribution in [-0.4, -0.2) is 28.9 Å². The molecule has 1 saturated carbocycles. The normalized spacial score (nSPS) is 16.0. The van der Waals surface area contributed by atoms with Crippen LogP contribution in [0.4, 0.5) is 5.69 Å². The Hall–Kier alpha value is -2.44. The molecule has 0 aromatic heterocycles. The van der Waals surface area contributed by atoms with Gasteiger partial charge >= 0.3 is 5.97 Å². The molecule has 1 amide bonds. The smallest absolute Gasteiger partial charge is 0.345 e. The summed E-state index contributed by atoms with van der Waals surface area (Å²) in [7, 11) is 0. The number of rotatable bonds is 5. The second-order valence-corrected chi connectivity index (χ2v) is 5.31. The zero-order chi connectivity index (χ0) is 16.1. The lowest BCUT2D eigenvalue weighted by Gasteiger charge is -2.17. The van der Waals surface area contributed by atoms with Gasteiger partial charge in [0, 0.05) is 12.1 Å². The lowest BCUT2D eigenvalue weighted by atomic mass is 10.2. The van der Waals surface area contributed by atoms with Crippen molar-refractivity contribution in [3.63, 3.8) is 0 Å². The topological polar surface area (TPSA) is 98.5 Å². The van der Waals surface area contributed by atoms with E-state index in [0.29, 0.717) is 0 Å². The van der Waals surface area contributed by atoms with Crippen LogP contribution in [0, 0.1) is 10.1 Å². The third kappa shape index (κ3) is 3.81. The largest absolute Gasteiger partial charge is 0.449 e. The second kappa shape index (κ2) is 7.02. The number of carbonyl (C=O) groups excluding carboxylic acids is 2. The average Bonchev–Trinajstić information content (AvgIpc) is 2.99. The Morgan fingerprint density at radius 1 is 1.32 bits per heavy atom. The van der Waals surface area contributed by atoms with Crippen molar-refractivity contribution in [2.24, 2.45) is 0 Å². The van der Waals surface area contributed by atoms with Crippen molar-refractivity contribution < 1.29 is 19.2 Å². The fourth-order valence-corrected chi connectivity index (χ4v) is 2.47. The summed E-state index contributed by atoms with van der Waals surface area (Å²) in [5.41, 5.74) is -0.496. The Labute approximate surface area is 127 Å². The highest BCUT2D eigenvalue weighted by Gasteiger charge is 2.26. The van der Waals surface area contributed by atoms with E-state index >= 15 is 0 Å². The summed E-state index contributed by atoms with van der Waals surface area (Å²) in [5.74, 6) is -1.25. The molecular weight excluding hydrogens is 288 g/mol. The minimum atomic E-state index is -0.993. The molecule has 1 aliphatic carbocycles. The first-order valence-electron chi connectivity index (χ1n) is 7.24. The van der Waals surface area contributed by atoms with Crippen LogP contribution >= 0.6 is 0 Å². The molecule has 1 aromatic carbocycles. The van der Waals surface area contributed by atoms with Crippen LogP contribution in [0.15, 0.2) is 24.3 Å². The van der Waals surface area contributed by atoms with Crippen LogP contribution in [0.5, 0.6) is 0 Å². The molecule has 7 heteroatoms. The van der Waals surface area contributed by atoms with E-state index in [1.807, 2.05) is 0 Å². The maximum atomic E-state index is 12.0. The highest BCUT2D eigenvalue weighted by Crippen LogP contribution is 2.20. The van der Waals surface area contributed by atoms with E-state index in [9.17, 15) is 19.7 Å². The number of nitro benzene ring substituents is 1. The minimum Gasteiger partial charge on any atom is -0.449 e.